The number of carbonyl (C=O) groups is 1. The summed E-state index contributed by atoms with van der Waals surface area (Å²) in [5.41, 5.74) is 9.47. The van der Waals surface area contributed by atoms with Gasteiger partial charge in [-0.3, -0.25) is 19.3 Å². The number of aromatic amines is 1. The molecule has 0 unspecified atom stereocenters. The van der Waals surface area contributed by atoms with Crippen LogP contribution in [0.25, 0.3) is 0 Å². The molecule has 3 N–H and O–H groups in total. The maximum Gasteiger partial charge on any atom is 0.258 e. The SMILES string of the molecule is Cc1n[nH]c(C)c1[C@@H](N)C(=O)N1Cc2nc(C)n(C)c(=O)c2C1. The van der Waals surface area contributed by atoms with Gasteiger partial charge in [-0.25, -0.2) is 4.98 Å². The Morgan fingerprint density at radius 2 is 2.00 bits per heavy atom. The van der Waals surface area contributed by atoms with Crippen LogP contribution in [-0.2, 0) is 24.9 Å². The highest BCUT2D eigenvalue weighted by molar-refractivity contribution is 5.84. The van der Waals surface area contributed by atoms with Crippen molar-refractivity contribution in [2.75, 3.05) is 0 Å². The van der Waals surface area contributed by atoms with Crippen molar-refractivity contribution in [2.24, 2.45) is 12.8 Å². The Kier molecular flexibility index (Phi) is 3.56. The van der Waals surface area contributed by atoms with E-state index in [1.54, 1.807) is 18.9 Å². The van der Waals surface area contributed by atoms with Crippen LogP contribution in [0.4, 0.5) is 0 Å². The van der Waals surface area contributed by atoms with E-state index in [1.807, 2.05) is 13.8 Å². The van der Waals surface area contributed by atoms with Crippen molar-refractivity contribution < 1.29 is 4.79 Å². The molecule has 0 spiro atoms. The summed E-state index contributed by atoms with van der Waals surface area (Å²) in [6.07, 6.45) is 0. The van der Waals surface area contributed by atoms with Crippen LogP contribution >= 0.6 is 0 Å². The smallest absolute Gasteiger partial charge is 0.258 e. The number of H-pyrrole nitrogens is 1. The Labute approximate surface area is 133 Å². The number of rotatable bonds is 2. The zero-order valence-corrected chi connectivity index (χ0v) is 13.7. The predicted molar refractivity (Wildman–Crippen MR) is 83.5 cm³/mol. The van der Waals surface area contributed by atoms with E-state index in [9.17, 15) is 9.59 Å². The number of nitrogens with one attached hydrogen (secondary N) is 1. The minimum absolute atomic E-state index is 0.105. The lowest BCUT2D eigenvalue weighted by Gasteiger charge is -2.20. The Hall–Kier alpha value is -2.48. The highest BCUT2D eigenvalue weighted by Gasteiger charge is 2.32. The topological polar surface area (TPSA) is 110 Å². The number of aromatic nitrogens is 4. The molecule has 2 aromatic rings. The zero-order chi connectivity index (χ0) is 16.9. The number of nitrogens with zero attached hydrogens (tertiary/aromatic N) is 4. The first-order valence-corrected chi connectivity index (χ1v) is 7.42. The molecule has 1 aliphatic heterocycles. The third-order valence-corrected chi connectivity index (χ3v) is 4.46. The zero-order valence-electron chi connectivity index (χ0n) is 13.7. The number of carbonyl (C=O) groups excluding carboxylic acids is 1. The van der Waals surface area contributed by atoms with Crippen LogP contribution in [0, 0.1) is 20.8 Å². The van der Waals surface area contributed by atoms with Gasteiger partial charge in [-0.15, -0.1) is 0 Å². The van der Waals surface area contributed by atoms with Gasteiger partial charge < -0.3 is 10.6 Å². The third kappa shape index (κ3) is 2.35. The van der Waals surface area contributed by atoms with Gasteiger partial charge in [0.25, 0.3) is 5.56 Å². The van der Waals surface area contributed by atoms with Gasteiger partial charge in [0.15, 0.2) is 0 Å². The maximum absolute atomic E-state index is 12.7. The molecule has 2 aromatic heterocycles. The lowest BCUT2D eigenvalue weighted by molar-refractivity contribution is -0.133. The van der Waals surface area contributed by atoms with Gasteiger partial charge in [0.05, 0.1) is 30.0 Å². The predicted octanol–water partition coefficient (Wildman–Crippen LogP) is -0.0291. The number of fused-ring (bicyclic) bond motifs is 1. The Balaban J connectivity index is 1.89. The fourth-order valence-corrected chi connectivity index (χ4v) is 3.02. The average molecular weight is 316 g/mol. The van der Waals surface area contributed by atoms with Crippen molar-refractivity contribution in [3.05, 3.63) is 44.4 Å². The van der Waals surface area contributed by atoms with Crippen LogP contribution in [0.5, 0.6) is 0 Å². The summed E-state index contributed by atoms with van der Waals surface area (Å²) in [5.74, 6) is 0.407. The van der Waals surface area contributed by atoms with E-state index in [-0.39, 0.29) is 18.0 Å². The standard InChI is InChI=1S/C15H20N6O2/c1-7-12(8(2)19-18-7)13(16)15(23)21-5-10-11(6-21)17-9(3)20(4)14(10)22/h13H,5-6,16H2,1-4H3,(H,18,19)/t13-/m1/s1. The number of amides is 1. The van der Waals surface area contributed by atoms with Gasteiger partial charge in [0, 0.05) is 18.3 Å². The summed E-state index contributed by atoms with van der Waals surface area (Å²) < 4.78 is 1.50. The second-order valence-electron chi connectivity index (χ2n) is 5.97. The van der Waals surface area contributed by atoms with Crippen LogP contribution in [0.1, 0.15) is 40.1 Å². The Morgan fingerprint density at radius 1 is 1.30 bits per heavy atom. The largest absolute Gasteiger partial charge is 0.331 e. The molecule has 0 saturated heterocycles. The van der Waals surface area contributed by atoms with Crippen molar-refractivity contribution in [3.8, 4) is 0 Å². The highest BCUT2D eigenvalue weighted by atomic mass is 16.2. The van der Waals surface area contributed by atoms with Crippen molar-refractivity contribution in [2.45, 2.75) is 39.9 Å². The van der Waals surface area contributed by atoms with Gasteiger partial charge >= 0.3 is 0 Å². The molecule has 3 rings (SSSR count). The Morgan fingerprint density at radius 3 is 2.61 bits per heavy atom. The molecule has 8 nitrogen and oxygen atoms in total. The summed E-state index contributed by atoms with van der Waals surface area (Å²) in [4.78, 5) is 31.0. The quantitative estimate of drug-likeness (QED) is 0.808. The van der Waals surface area contributed by atoms with Crippen LogP contribution in [0.3, 0.4) is 0 Å². The number of aryl methyl sites for hydroxylation is 3. The highest BCUT2D eigenvalue weighted by Crippen LogP contribution is 2.24. The molecule has 0 radical (unpaired) electrons. The Bertz CT molecular complexity index is 831. The lowest BCUT2D eigenvalue weighted by Crippen LogP contribution is -2.36. The molecule has 0 bridgehead atoms. The normalized spacial score (nSPS) is 14.9. The van der Waals surface area contributed by atoms with Crippen LogP contribution in [-0.4, -0.2) is 30.6 Å². The lowest BCUT2D eigenvalue weighted by atomic mass is 10.0. The van der Waals surface area contributed by atoms with Crippen LogP contribution < -0.4 is 11.3 Å². The summed E-state index contributed by atoms with van der Waals surface area (Å²) in [5, 5.41) is 6.92. The molecule has 1 aliphatic rings. The minimum Gasteiger partial charge on any atom is -0.331 e. The van der Waals surface area contributed by atoms with Gasteiger partial charge in [-0.1, -0.05) is 0 Å². The molecule has 0 saturated carbocycles. The van der Waals surface area contributed by atoms with Gasteiger partial charge in [0.1, 0.15) is 11.9 Å². The van der Waals surface area contributed by atoms with E-state index in [0.717, 1.165) is 5.69 Å². The molecule has 1 amide bonds. The van der Waals surface area contributed by atoms with Crippen LogP contribution in [0.2, 0.25) is 0 Å². The van der Waals surface area contributed by atoms with Gasteiger partial charge in [0.2, 0.25) is 5.91 Å². The van der Waals surface area contributed by atoms with Crippen LogP contribution in [0.15, 0.2) is 4.79 Å². The van der Waals surface area contributed by atoms with Gasteiger partial charge in [-0.05, 0) is 20.8 Å². The molecule has 23 heavy (non-hydrogen) atoms. The molecular formula is C15H20N6O2. The fraction of sp³-hybridized carbons (Fsp3) is 0.467. The first-order chi connectivity index (χ1) is 10.8. The van der Waals surface area contributed by atoms with Crippen molar-refractivity contribution in [1.82, 2.24) is 24.6 Å². The number of hydrogen-bond acceptors (Lipinski definition) is 5. The van der Waals surface area contributed by atoms with Gasteiger partial charge in [-0.2, -0.15) is 5.10 Å². The monoisotopic (exact) mass is 316 g/mol. The third-order valence-electron chi connectivity index (χ3n) is 4.46. The fourth-order valence-electron chi connectivity index (χ4n) is 3.02. The van der Waals surface area contributed by atoms with E-state index >= 15 is 0 Å². The molecule has 8 heteroatoms. The molecule has 0 aromatic carbocycles. The molecular weight excluding hydrogens is 296 g/mol. The van der Waals surface area contributed by atoms with Crippen molar-refractivity contribution in [1.29, 1.82) is 0 Å². The van der Waals surface area contributed by atoms with E-state index < -0.39 is 6.04 Å². The van der Waals surface area contributed by atoms with E-state index in [2.05, 4.69) is 15.2 Å². The first kappa shape index (κ1) is 15.4. The van der Waals surface area contributed by atoms with E-state index in [1.165, 1.54) is 4.57 Å². The molecule has 1 atom stereocenters. The van der Waals surface area contributed by atoms with E-state index in [4.69, 9.17) is 5.73 Å². The minimum atomic E-state index is -0.798. The summed E-state index contributed by atoms with van der Waals surface area (Å²) >= 11 is 0. The maximum atomic E-state index is 12.7. The molecule has 0 fully saturated rings. The summed E-state index contributed by atoms with van der Waals surface area (Å²) in [6, 6.07) is -0.798. The van der Waals surface area contributed by atoms with Crippen molar-refractivity contribution >= 4 is 5.91 Å². The van der Waals surface area contributed by atoms with Crippen molar-refractivity contribution in [3.63, 3.8) is 0 Å². The first-order valence-electron chi connectivity index (χ1n) is 7.42. The molecule has 122 valence electrons. The number of hydrogen-bond donors (Lipinski definition) is 2. The molecule has 0 aliphatic carbocycles. The summed E-state index contributed by atoms with van der Waals surface area (Å²) in [6.45, 7) is 5.98. The second-order valence-corrected chi connectivity index (χ2v) is 5.97. The number of nitrogens with two attached hydrogens (primary N) is 1. The summed E-state index contributed by atoms with van der Waals surface area (Å²) in [7, 11) is 1.68. The van der Waals surface area contributed by atoms with E-state index in [0.29, 0.717) is 34.9 Å². The average Bonchev–Trinajstić information content (AvgIpc) is 3.07. The second kappa shape index (κ2) is 5.31. The molecule has 3 heterocycles.